The molecule has 1 aromatic heterocycles. The molecule has 1 aliphatic rings. The molecule has 1 N–H and O–H groups in total. The highest BCUT2D eigenvalue weighted by molar-refractivity contribution is 6.30. The number of halogens is 1. The van der Waals surface area contributed by atoms with Crippen molar-refractivity contribution in [3.8, 4) is 5.75 Å². The molecule has 1 fully saturated rings. The fourth-order valence-electron chi connectivity index (χ4n) is 2.79. The molecule has 3 rings (SSSR count). The van der Waals surface area contributed by atoms with Crippen molar-refractivity contribution >= 4 is 29.4 Å². The first-order valence-electron chi connectivity index (χ1n) is 9.72. The molecule has 1 amide bonds. The summed E-state index contributed by atoms with van der Waals surface area (Å²) in [4.78, 5) is 30.1. The molecule has 0 atom stereocenters. The van der Waals surface area contributed by atoms with Crippen LogP contribution in [0.3, 0.4) is 0 Å². The Kier molecular flexibility index (Phi) is 6.94. The van der Waals surface area contributed by atoms with Gasteiger partial charge in [-0.15, -0.1) is 0 Å². The van der Waals surface area contributed by atoms with E-state index in [0.29, 0.717) is 54.8 Å². The van der Waals surface area contributed by atoms with Crippen molar-refractivity contribution in [3.63, 3.8) is 0 Å². The lowest BCUT2D eigenvalue weighted by Crippen LogP contribution is -2.46. The number of carbonyl (C=O) groups is 1. The molecule has 162 valence electrons. The topological polar surface area (TPSA) is 92.7 Å². The number of anilines is 2. The summed E-state index contributed by atoms with van der Waals surface area (Å²) in [5.41, 5.74) is -1.09. The summed E-state index contributed by atoms with van der Waals surface area (Å²) in [6.07, 6.45) is 0. The van der Waals surface area contributed by atoms with Crippen molar-refractivity contribution in [2.45, 2.75) is 26.0 Å². The molecule has 0 aliphatic carbocycles. The van der Waals surface area contributed by atoms with Gasteiger partial charge in [-0.1, -0.05) is 11.6 Å². The highest BCUT2D eigenvalue weighted by Gasteiger charge is 2.30. The molecule has 10 heteroatoms. The minimum Gasteiger partial charge on any atom is -0.478 e. The third kappa shape index (κ3) is 5.70. The SMILES string of the molecule is CN(C)c1nc(CNC(=O)C(C)(C)Oc2ccc(Cl)cc2)nc(N2CCOCC2)n1. The summed E-state index contributed by atoms with van der Waals surface area (Å²) in [6.45, 7) is 6.25. The lowest BCUT2D eigenvalue weighted by atomic mass is 10.1. The number of benzene rings is 1. The zero-order valence-corrected chi connectivity index (χ0v) is 18.4. The van der Waals surface area contributed by atoms with Crippen LogP contribution in [-0.4, -0.2) is 66.9 Å². The molecular formula is C20H27ClN6O3. The van der Waals surface area contributed by atoms with E-state index in [4.69, 9.17) is 21.1 Å². The third-order valence-electron chi connectivity index (χ3n) is 4.49. The standard InChI is InChI=1S/C20H27ClN6O3/c1-20(2,30-15-7-5-14(21)6-8-15)17(28)22-13-16-23-18(26(3)4)25-19(24-16)27-9-11-29-12-10-27/h5-8H,9-13H2,1-4H3,(H,22,28). The van der Waals surface area contributed by atoms with Crippen molar-refractivity contribution in [1.82, 2.24) is 20.3 Å². The number of amides is 1. The molecule has 2 aromatic rings. The van der Waals surface area contributed by atoms with Crippen LogP contribution in [0.25, 0.3) is 0 Å². The number of nitrogens with zero attached hydrogens (tertiary/aromatic N) is 5. The van der Waals surface area contributed by atoms with Crippen LogP contribution in [0.2, 0.25) is 5.02 Å². The smallest absolute Gasteiger partial charge is 0.263 e. The number of carbonyl (C=O) groups excluding carboxylic acids is 1. The highest BCUT2D eigenvalue weighted by Crippen LogP contribution is 2.21. The molecule has 0 bridgehead atoms. The zero-order valence-electron chi connectivity index (χ0n) is 17.7. The van der Waals surface area contributed by atoms with Gasteiger partial charge in [0.25, 0.3) is 5.91 Å². The summed E-state index contributed by atoms with van der Waals surface area (Å²) in [6, 6.07) is 6.87. The lowest BCUT2D eigenvalue weighted by Gasteiger charge is -2.28. The van der Waals surface area contributed by atoms with Crippen LogP contribution in [0.4, 0.5) is 11.9 Å². The summed E-state index contributed by atoms with van der Waals surface area (Å²) >= 11 is 5.90. The maximum absolute atomic E-state index is 12.7. The summed E-state index contributed by atoms with van der Waals surface area (Å²) < 4.78 is 11.2. The molecule has 0 unspecified atom stereocenters. The van der Waals surface area contributed by atoms with Crippen LogP contribution < -0.4 is 19.9 Å². The van der Waals surface area contributed by atoms with Crippen LogP contribution in [0.1, 0.15) is 19.7 Å². The first kappa shape index (κ1) is 22.0. The van der Waals surface area contributed by atoms with Crippen molar-refractivity contribution in [1.29, 1.82) is 0 Å². The number of morpholine rings is 1. The average Bonchev–Trinajstić information content (AvgIpc) is 2.74. The van der Waals surface area contributed by atoms with E-state index < -0.39 is 5.60 Å². The van der Waals surface area contributed by atoms with Crippen molar-refractivity contribution in [2.24, 2.45) is 0 Å². The lowest BCUT2D eigenvalue weighted by molar-refractivity contribution is -0.134. The van der Waals surface area contributed by atoms with Gasteiger partial charge in [-0.25, -0.2) is 0 Å². The van der Waals surface area contributed by atoms with E-state index >= 15 is 0 Å². The van der Waals surface area contributed by atoms with Gasteiger partial charge in [-0.2, -0.15) is 15.0 Å². The van der Waals surface area contributed by atoms with Crippen LogP contribution in [-0.2, 0) is 16.1 Å². The molecule has 30 heavy (non-hydrogen) atoms. The maximum Gasteiger partial charge on any atom is 0.263 e. The van der Waals surface area contributed by atoms with Gasteiger partial charge < -0.3 is 24.6 Å². The maximum atomic E-state index is 12.7. The van der Waals surface area contributed by atoms with Crippen LogP contribution in [0.15, 0.2) is 24.3 Å². The van der Waals surface area contributed by atoms with E-state index in [0.717, 1.165) is 0 Å². The van der Waals surface area contributed by atoms with Gasteiger partial charge in [0.15, 0.2) is 11.4 Å². The average molecular weight is 435 g/mol. The van der Waals surface area contributed by atoms with E-state index in [9.17, 15) is 4.79 Å². The molecule has 2 heterocycles. The van der Waals surface area contributed by atoms with Gasteiger partial charge in [0.1, 0.15) is 5.75 Å². The predicted octanol–water partition coefficient (Wildman–Crippen LogP) is 1.90. The van der Waals surface area contributed by atoms with Gasteiger partial charge in [0, 0.05) is 32.2 Å². The Morgan fingerprint density at radius 3 is 2.50 bits per heavy atom. The zero-order chi connectivity index (χ0) is 21.7. The molecule has 1 aliphatic heterocycles. The highest BCUT2D eigenvalue weighted by atomic mass is 35.5. The Labute approximate surface area is 181 Å². The monoisotopic (exact) mass is 434 g/mol. The van der Waals surface area contributed by atoms with E-state index in [-0.39, 0.29) is 12.5 Å². The predicted molar refractivity (Wildman–Crippen MR) is 115 cm³/mol. The van der Waals surface area contributed by atoms with Gasteiger partial charge >= 0.3 is 0 Å². The number of ether oxygens (including phenoxy) is 2. The van der Waals surface area contributed by atoms with Crippen molar-refractivity contribution < 1.29 is 14.3 Å². The summed E-state index contributed by atoms with van der Waals surface area (Å²) in [5, 5.41) is 3.47. The molecule has 1 aromatic carbocycles. The first-order chi connectivity index (χ1) is 14.2. The Morgan fingerprint density at radius 2 is 1.87 bits per heavy atom. The van der Waals surface area contributed by atoms with Gasteiger partial charge in [0.2, 0.25) is 11.9 Å². The van der Waals surface area contributed by atoms with Crippen molar-refractivity contribution in [3.05, 3.63) is 35.1 Å². The summed E-state index contributed by atoms with van der Waals surface area (Å²) in [7, 11) is 3.73. The Balaban J connectivity index is 1.69. The fraction of sp³-hybridized carbons (Fsp3) is 0.500. The number of rotatable bonds is 7. The van der Waals surface area contributed by atoms with E-state index in [1.165, 1.54) is 0 Å². The van der Waals surface area contributed by atoms with E-state index in [2.05, 4.69) is 25.2 Å². The van der Waals surface area contributed by atoms with E-state index in [1.54, 1.807) is 38.1 Å². The molecule has 0 saturated carbocycles. The second kappa shape index (κ2) is 9.44. The Hall–Kier alpha value is -2.65. The fourth-order valence-corrected chi connectivity index (χ4v) is 2.92. The Bertz CT molecular complexity index is 869. The number of hydrogen-bond acceptors (Lipinski definition) is 8. The summed E-state index contributed by atoms with van der Waals surface area (Å²) in [5.74, 6) is 1.87. The molecule has 9 nitrogen and oxygen atoms in total. The van der Waals surface area contributed by atoms with Crippen LogP contribution in [0, 0.1) is 0 Å². The second-order valence-electron chi connectivity index (χ2n) is 7.59. The molecule has 1 saturated heterocycles. The van der Waals surface area contributed by atoms with Crippen LogP contribution >= 0.6 is 11.6 Å². The van der Waals surface area contributed by atoms with Gasteiger partial charge in [-0.05, 0) is 38.1 Å². The number of nitrogens with one attached hydrogen (secondary N) is 1. The quantitative estimate of drug-likeness (QED) is 0.706. The second-order valence-corrected chi connectivity index (χ2v) is 8.03. The number of hydrogen-bond donors (Lipinski definition) is 1. The minimum atomic E-state index is -1.09. The molecular weight excluding hydrogens is 408 g/mol. The third-order valence-corrected chi connectivity index (χ3v) is 4.74. The normalized spacial score (nSPS) is 14.4. The first-order valence-corrected chi connectivity index (χ1v) is 10.1. The largest absolute Gasteiger partial charge is 0.478 e. The minimum absolute atomic E-state index is 0.160. The van der Waals surface area contributed by atoms with Gasteiger partial charge in [0.05, 0.1) is 19.8 Å². The van der Waals surface area contributed by atoms with Gasteiger partial charge in [-0.3, -0.25) is 4.79 Å². The molecule has 0 radical (unpaired) electrons. The van der Waals surface area contributed by atoms with E-state index in [1.807, 2.05) is 19.0 Å². The molecule has 0 spiro atoms. The van der Waals surface area contributed by atoms with Crippen LogP contribution in [0.5, 0.6) is 5.75 Å². The number of aromatic nitrogens is 3. The Morgan fingerprint density at radius 1 is 1.20 bits per heavy atom. The van der Waals surface area contributed by atoms with Crippen molar-refractivity contribution in [2.75, 3.05) is 50.2 Å².